The molecular weight excluding hydrogens is 394 g/mol. The molecule has 0 unspecified atom stereocenters. The van der Waals surface area contributed by atoms with Gasteiger partial charge in [0.25, 0.3) is 0 Å². The Hall–Kier alpha value is -0.700. The molecule has 0 spiro atoms. The Bertz CT molecular complexity index is 585. The molecule has 0 amide bonds. The molecule has 1 N–H and O–H groups in total. The average molecular weight is 436 g/mol. The second-order valence-corrected chi connectivity index (χ2v) is 10.9. The predicted molar refractivity (Wildman–Crippen MR) is 114 cm³/mol. The SMILES string of the molecule is CC.CC(C)(C)OC(=O)C1(S(=O)(=O)N2CCC(CCCCO)CC2)CCOCC1. The summed E-state index contributed by atoms with van der Waals surface area (Å²) in [7, 11) is -3.83. The fourth-order valence-corrected chi connectivity index (χ4v) is 5.99. The molecule has 0 aromatic heterocycles. The van der Waals surface area contributed by atoms with Crippen molar-refractivity contribution in [2.75, 3.05) is 32.9 Å². The third-order valence-corrected chi connectivity index (χ3v) is 8.11. The highest BCUT2D eigenvalue weighted by Crippen LogP contribution is 2.37. The number of hydrogen-bond donors (Lipinski definition) is 1. The number of nitrogens with zero attached hydrogens (tertiary/aromatic N) is 1. The van der Waals surface area contributed by atoms with Crippen LogP contribution in [0.1, 0.15) is 79.6 Å². The molecule has 2 heterocycles. The summed E-state index contributed by atoms with van der Waals surface area (Å²) in [5.74, 6) is -0.168. The predicted octanol–water partition coefficient (Wildman–Crippen LogP) is 3.11. The van der Waals surface area contributed by atoms with Crippen molar-refractivity contribution in [1.29, 1.82) is 0 Å². The van der Waals surface area contributed by atoms with E-state index in [4.69, 9.17) is 14.6 Å². The van der Waals surface area contributed by atoms with E-state index in [1.165, 1.54) is 4.31 Å². The third-order valence-electron chi connectivity index (χ3n) is 5.50. The molecule has 172 valence electrons. The summed E-state index contributed by atoms with van der Waals surface area (Å²) in [5.41, 5.74) is -0.738. The van der Waals surface area contributed by atoms with E-state index in [-0.39, 0.29) is 32.7 Å². The van der Waals surface area contributed by atoms with Crippen LogP contribution in [0.5, 0.6) is 0 Å². The highest BCUT2D eigenvalue weighted by molar-refractivity contribution is 7.91. The lowest BCUT2D eigenvalue weighted by molar-refractivity contribution is -0.161. The zero-order chi connectivity index (χ0) is 22.1. The molecule has 0 aromatic rings. The summed E-state index contributed by atoms with van der Waals surface area (Å²) in [5, 5.41) is 8.91. The van der Waals surface area contributed by atoms with Gasteiger partial charge in [-0.1, -0.05) is 26.7 Å². The standard InChI is InChI=1S/C19H35NO6S.C2H6/c1-18(2,3)26-17(22)19(9-14-25-15-10-19)27(23,24)20-11-7-16(8-12-20)6-4-5-13-21;1-2/h16,21H,4-15H2,1-3H3;1-2H3. The molecule has 0 saturated carbocycles. The molecule has 8 heteroatoms. The minimum absolute atomic E-state index is 0.140. The van der Waals surface area contributed by atoms with E-state index < -0.39 is 26.3 Å². The largest absolute Gasteiger partial charge is 0.459 e. The summed E-state index contributed by atoms with van der Waals surface area (Å²) in [6, 6.07) is 0. The zero-order valence-corrected chi connectivity index (χ0v) is 19.7. The first-order chi connectivity index (χ1) is 13.6. The first-order valence-electron chi connectivity index (χ1n) is 11.0. The molecule has 2 aliphatic rings. The molecule has 29 heavy (non-hydrogen) atoms. The van der Waals surface area contributed by atoms with Crippen molar-refractivity contribution in [1.82, 2.24) is 4.31 Å². The minimum Gasteiger partial charge on any atom is -0.459 e. The topological polar surface area (TPSA) is 93.1 Å². The summed E-state index contributed by atoms with van der Waals surface area (Å²) in [6.45, 7) is 10.8. The van der Waals surface area contributed by atoms with Gasteiger partial charge in [0, 0.05) is 45.8 Å². The van der Waals surface area contributed by atoms with Crippen molar-refractivity contribution in [3.63, 3.8) is 0 Å². The fourth-order valence-electron chi connectivity index (χ4n) is 3.87. The van der Waals surface area contributed by atoms with Crippen LogP contribution >= 0.6 is 0 Å². The molecule has 7 nitrogen and oxygen atoms in total. The van der Waals surface area contributed by atoms with E-state index in [1.807, 2.05) is 13.8 Å². The van der Waals surface area contributed by atoms with Gasteiger partial charge in [0.1, 0.15) is 5.60 Å². The lowest BCUT2D eigenvalue weighted by Crippen LogP contribution is -2.59. The number of sulfonamides is 1. The van der Waals surface area contributed by atoms with Crippen molar-refractivity contribution >= 4 is 16.0 Å². The van der Waals surface area contributed by atoms with Crippen LogP contribution in [-0.4, -0.2) is 67.1 Å². The number of hydrogen-bond acceptors (Lipinski definition) is 6. The van der Waals surface area contributed by atoms with Crippen LogP contribution in [0.4, 0.5) is 0 Å². The number of esters is 1. The molecule has 0 aliphatic carbocycles. The summed E-state index contributed by atoms with van der Waals surface area (Å²) in [6.07, 6.45) is 4.64. The molecule has 2 aliphatic heterocycles. The number of aliphatic hydroxyl groups excluding tert-OH is 1. The molecule has 0 radical (unpaired) electrons. The maximum absolute atomic E-state index is 13.5. The monoisotopic (exact) mass is 435 g/mol. The summed E-state index contributed by atoms with van der Waals surface area (Å²) >= 11 is 0. The van der Waals surface area contributed by atoms with Crippen molar-refractivity contribution in [2.24, 2.45) is 5.92 Å². The molecule has 2 rings (SSSR count). The van der Waals surface area contributed by atoms with E-state index in [1.54, 1.807) is 20.8 Å². The number of unbranched alkanes of at least 4 members (excludes halogenated alkanes) is 1. The number of ether oxygens (including phenoxy) is 2. The van der Waals surface area contributed by atoms with Gasteiger partial charge in [-0.3, -0.25) is 4.79 Å². The number of rotatable bonds is 7. The van der Waals surface area contributed by atoms with Gasteiger partial charge in [-0.25, -0.2) is 12.7 Å². The Morgan fingerprint density at radius 1 is 1.14 bits per heavy atom. The molecule has 0 atom stereocenters. The fraction of sp³-hybridized carbons (Fsp3) is 0.952. The number of aliphatic hydroxyl groups is 1. The van der Waals surface area contributed by atoms with E-state index in [9.17, 15) is 13.2 Å². The van der Waals surface area contributed by atoms with Crippen molar-refractivity contribution in [2.45, 2.75) is 89.9 Å². The third kappa shape index (κ3) is 6.91. The van der Waals surface area contributed by atoms with Gasteiger partial charge < -0.3 is 14.6 Å². The van der Waals surface area contributed by atoms with Crippen LogP contribution in [0.25, 0.3) is 0 Å². The molecule has 2 fully saturated rings. The van der Waals surface area contributed by atoms with Gasteiger partial charge in [-0.2, -0.15) is 0 Å². The van der Waals surface area contributed by atoms with Crippen LogP contribution < -0.4 is 0 Å². The van der Waals surface area contributed by atoms with Crippen LogP contribution in [0.3, 0.4) is 0 Å². The van der Waals surface area contributed by atoms with Crippen molar-refractivity contribution < 1.29 is 27.8 Å². The average Bonchev–Trinajstić information content (AvgIpc) is 2.69. The second kappa shape index (κ2) is 11.6. The lowest BCUT2D eigenvalue weighted by atomic mass is 9.92. The number of piperidine rings is 1. The zero-order valence-electron chi connectivity index (χ0n) is 18.9. The minimum atomic E-state index is -3.83. The van der Waals surface area contributed by atoms with Gasteiger partial charge in [0.05, 0.1) is 0 Å². The molecule has 2 saturated heterocycles. The second-order valence-electron chi connectivity index (χ2n) is 8.68. The van der Waals surface area contributed by atoms with Gasteiger partial charge in [-0.15, -0.1) is 0 Å². The molecule has 0 aromatic carbocycles. The van der Waals surface area contributed by atoms with E-state index in [2.05, 4.69) is 0 Å². The van der Waals surface area contributed by atoms with Crippen LogP contribution in [0.15, 0.2) is 0 Å². The Labute approximate surface area is 177 Å². The van der Waals surface area contributed by atoms with E-state index in [0.717, 1.165) is 32.1 Å². The van der Waals surface area contributed by atoms with Crippen molar-refractivity contribution in [3.05, 3.63) is 0 Å². The van der Waals surface area contributed by atoms with Gasteiger partial charge in [-0.05, 0) is 46.0 Å². The smallest absolute Gasteiger partial charge is 0.329 e. The highest BCUT2D eigenvalue weighted by atomic mass is 32.2. The van der Waals surface area contributed by atoms with Crippen molar-refractivity contribution in [3.8, 4) is 0 Å². The maximum atomic E-state index is 13.5. The van der Waals surface area contributed by atoms with E-state index in [0.29, 0.717) is 19.0 Å². The Morgan fingerprint density at radius 3 is 2.17 bits per heavy atom. The number of carbonyl (C=O) groups excluding carboxylic acids is 1. The Kier molecular flexibility index (Phi) is 10.6. The lowest BCUT2D eigenvalue weighted by Gasteiger charge is -2.41. The Morgan fingerprint density at radius 2 is 1.69 bits per heavy atom. The highest BCUT2D eigenvalue weighted by Gasteiger charge is 2.56. The quantitative estimate of drug-likeness (QED) is 0.488. The normalized spacial score (nSPS) is 21.2. The summed E-state index contributed by atoms with van der Waals surface area (Å²) < 4.78 is 37.8. The number of carbonyl (C=O) groups is 1. The van der Waals surface area contributed by atoms with Gasteiger partial charge >= 0.3 is 5.97 Å². The Balaban J connectivity index is 0.00000204. The van der Waals surface area contributed by atoms with E-state index >= 15 is 0 Å². The maximum Gasteiger partial charge on any atom is 0.329 e. The first-order valence-corrected chi connectivity index (χ1v) is 12.5. The van der Waals surface area contributed by atoms with Crippen LogP contribution in [-0.2, 0) is 24.3 Å². The summed E-state index contributed by atoms with van der Waals surface area (Å²) in [4.78, 5) is 13.0. The van der Waals surface area contributed by atoms with Crippen LogP contribution in [0, 0.1) is 5.92 Å². The van der Waals surface area contributed by atoms with Gasteiger partial charge in [0.2, 0.25) is 10.0 Å². The van der Waals surface area contributed by atoms with Crippen LogP contribution in [0.2, 0.25) is 0 Å². The molecular formula is C21H41NO6S. The first kappa shape index (κ1) is 26.3. The molecule has 0 bridgehead atoms. The van der Waals surface area contributed by atoms with Gasteiger partial charge in [0.15, 0.2) is 4.75 Å².